The van der Waals surface area contributed by atoms with Crippen LogP contribution in [0.2, 0.25) is 0 Å². The second-order valence-electron chi connectivity index (χ2n) is 5.99. The lowest BCUT2D eigenvalue weighted by atomic mass is 10.0. The molecule has 0 aliphatic heterocycles. The normalized spacial score (nSPS) is 27.0. The van der Waals surface area contributed by atoms with Crippen LogP contribution in [0.25, 0.3) is 0 Å². The van der Waals surface area contributed by atoms with Gasteiger partial charge in [0, 0.05) is 17.4 Å². The van der Waals surface area contributed by atoms with Gasteiger partial charge in [-0.2, -0.15) is 0 Å². The van der Waals surface area contributed by atoms with Crippen LogP contribution in [0.4, 0.5) is 0 Å². The van der Waals surface area contributed by atoms with E-state index in [1.54, 1.807) is 0 Å². The molecule has 0 N–H and O–H groups in total. The number of ether oxygens (including phenoxy) is 1. The summed E-state index contributed by atoms with van der Waals surface area (Å²) in [7, 11) is 1.89. The molecule has 3 nitrogen and oxygen atoms in total. The molecule has 108 valence electrons. The van der Waals surface area contributed by atoms with Crippen molar-refractivity contribution in [1.29, 1.82) is 0 Å². The molecule has 2 saturated carbocycles. The summed E-state index contributed by atoms with van der Waals surface area (Å²) in [6, 6.07) is 7.76. The van der Waals surface area contributed by atoms with E-state index in [-0.39, 0.29) is 5.92 Å². The van der Waals surface area contributed by atoms with Gasteiger partial charge in [0.05, 0.1) is 6.54 Å². The monoisotopic (exact) mass is 337 g/mol. The van der Waals surface area contributed by atoms with Crippen molar-refractivity contribution in [3.05, 3.63) is 28.7 Å². The molecule has 0 spiro atoms. The van der Waals surface area contributed by atoms with Crippen molar-refractivity contribution in [2.24, 2.45) is 17.8 Å². The minimum atomic E-state index is 0.274. The summed E-state index contributed by atoms with van der Waals surface area (Å²) in [4.78, 5) is 14.1. The Morgan fingerprint density at radius 1 is 1.25 bits per heavy atom. The summed E-state index contributed by atoms with van der Waals surface area (Å²) in [6.45, 7) is 1.20. The molecule has 2 aliphatic rings. The molecule has 1 aromatic carbocycles. The molecule has 2 fully saturated rings. The second kappa shape index (κ2) is 5.76. The van der Waals surface area contributed by atoms with Gasteiger partial charge in [-0.1, -0.05) is 15.9 Å². The Bertz CT molecular complexity index is 478. The lowest BCUT2D eigenvalue weighted by molar-refractivity contribution is -0.134. The molecule has 20 heavy (non-hydrogen) atoms. The average molecular weight is 338 g/mol. The number of likely N-dealkylation sites (N-methyl/N-ethyl adjacent to an activating group) is 1. The number of fused-ring (bicyclic) bond motifs is 1. The summed E-state index contributed by atoms with van der Waals surface area (Å²) in [5.41, 5.74) is 0. The largest absolute Gasteiger partial charge is 0.492 e. The van der Waals surface area contributed by atoms with Crippen LogP contribution in [0.3, 0.4) is 0 Å². The van der Waals surface area contributed by atoms with E-state index in [9.17, 15) is 4.79 Å². The van der Waals surface area contributed by atoms with E-state index in [1.807, 2.05) is 36.2 Å². The highest BCUT2D eigenvalue weighted by atomic mass is 79.9. The minimum Gasteiger partial charge on any atom is -0.492 e. The van der Waals surface area contributed by atoms with Crippen LogP contribution in [0.5, 0.6) is 5.75 Å². The van der Waals surface area contributed by atoms with E-state index in [0.717, 1.165) is 34.9 Å². The summed E-state index contributed by atoms with van der Waals surface area (Å²) >= 11 is 3.39. The van der Waals surface area contributed by atoms with Gasteiger partial charge < -0.3 is 9.64 Å². The van der Waals surface area contributed by atoms with Gasteiger partial charge in [-0.15, -0.1) is 0 Å². The van der Waals surface area contributed by atoms with Crippen molar-refractivity contribution in [2.75, 3.05) is 20.2 Å². The van der Waals surface area contributed by atoms with Crippen LogP contribution in [0.1, 0.15) is 19.3 Å². The smallest absolute Gasteiger partial charge is 0.225 e. The highest BCUT2D eigenvalue weighted by molar-refractivity contribution is 9.10. The van der Waals surface area contributed by atoms with E-state index >= 15 is 0 Å². The van der Waals surface area contributed by atoms with Gasteiger partial charge >= 0.3 is 0 Å². The Hall–Kier alpha value is -1.03. The molecule has 3 rings (SSSR count). The van der Waals surface area contributed by atoms with Crippen molar-refractivity contribution in [3.63, 3.8) is 0 Å². The summed E-state index contributed by atoms with van der Waals surface area (Å²) in [5, 5.41) is 0. The zero-order chi connectivity index (χ0) is 14.1. The average Bonchev–Trinajstić information content (AvgIpc) is 3.06. The predicted molar refractivity (Wildman–Crippen MR) is 81.6 cm³/mol. The molecular weight excluding hydrogens is 318 g/mol. The molecule has 0 heterocycles. The maximum Gasteiger partial charge on any atom is 0.225 e. The van der Waals surface area contributed by atoms with Gasteiger partial charge in [0.15, 0.2) is 0 Å². The van der Waals surface area contributed by atoms with Crippen LogP contribution in [-0.4, -0.2) is 31.0 Å². The minimum absolute atomic E-state index is 0.274. The third-order valence-electron chi connectivity index (χ3n) is 4.48. The molecule has 2 atom stereocenters. The fourth-order valence-corrected chi connectivity index (χ4v) is 3.43. The first kappa shape index (κ1) is 13.9. The molecular formula is C16H20BrNO2. The first-order chi connectivity index (χ1) is 9.63. The van der Waals surface area contributed by atoms with Crippen molar-refractivity contribution in [3.8, 4) is 5.75 Å². The maximum absolute atomic E-state index is 12.3. The van der Waals surface area contributed by atoms with Gasteiger partial charge in [0.25, 0.3) is 0 Å². The number of benzene rings is 1. The van der Waals surface area contributed by atoms with E-state index in [1.165, 1.54) is 6.42 Å². The van der Waals surface area contributed by atoms with E-state index < -0.39 is 0 Å². The van der Waals surface area contributed by atoms with Gasteiger partial charge in [0.2, 0.25) is 5.91 Å². The number of carbonyl (C=O) groups is 1. The molecule has 0 saturated heterocycles. The van der Waals surface area contributed by atoms with Crippen LogP contribution in [-0.2, 0) is 4.79 Å². The summed E-state index contributed by atoms with van der Waals surface area (Å²) in [5.74, 6) is 3.14. The van der Waals surface area contributed by atoms with Gasteiger partial charge in [0.1, 0.15) is 12.4 Å². The van der Waals surface area contributed by atoms with Crippen molar-refractivity contribution >= 4 is 21.8 Å². The first-order valence-electron chi connectivity index (χ1n) is 7.27. The van der Waals surface area contributed by atoms with Gasteiger partial charge in [-0.25, -0.2) is 0 Å². The highest BCUT2D eigenvalue weighted by Crippen LogP contribution is 2.54. The molecule has 1 aromatic rings. The Kier molecular flexibility index (Phi) is 4.01. The van der Waals surface area contributed by atoms with E-state index in [4.69, 9.17) is 4.74 Å². The van der Waals surface area contributed by atoms with Gasteiger partial charge in [-0.3, -0.25) is 4.79 Å². The lowest BCUT2D eigenvalue weighted by Crippen LogP contribution is -2.35. The highest BCUT2D eigenvalue weighted by Gasteiger charge is 2.48. The molecule has 1 amide bonds. The predicted octanol–water partition coefficient (Wildman–Crippen LogP) is 3.33. The second-order valence-corrected chi connectivity index (χ2v) is 6.90. The number of rotatable bonds is 5. The van der Waals surface area contributed by atoms with Crippen molar-refractivity contribution in [2.45, 2.75) is 19.3 Å². The zero-order valence-corrected chi connectivity index (χ0v) is 13.3. The van der Waals surface area contributed by atoms with Crippen LogP contribution in [0, 0.1) is 17.8 Å². The van der Waals surface area contributed by atoms with E-state index in [2.05, 4.69) is 15.9 Å². The van der Waals surface area contributed by atoms with Crippen molar-refractivity contribution in [1.82, 2.24) is 4.90 Å². The number of hydrogen-bond acceptors (Lipinski definition) is 2. The van der Waals surface area contributed by atoms with Crippen LogP contribution < -0.4 is 4.74 Å². The van der Waals surface area contributed by atoms with Crippen molar-refractivity contribution < 1.29 is 9.53 Å². The Morgan fingerprint density at radius 2 is 1.90 bits per heavy atom. The lowest BCUT2D eigenvalue weighted by Gasteiger charge is -2.22. The SMILES string of the molecule is CN(CCOc1ccc(Br)cc1)C(=O)C1CC2CC2C1. The fourth-order valence-electron chi connectivity index (χ4n) is 3.17. The first-order valence-corrected chi connectivity index (χ1v) is 8.06. The molecule has 0 bridgehead atoms. The Balaban J connectivity index is 1.41. The molecule has 0 aromatic heterocycles. The van der Waals surface area contributed by atoms with Crippen LogP contribution in [0.15, 0.2) is 28.7 Å². The number of nitrogens with zero attached hydrogens (tertiary/aromatic N) is 1. The molecule has 0 radical (unpaired) electrons. The summed E-state index contributed by atoms with van der Waals surface area (Å²) < 4.78 is 6.70. The number of amides is 1. The van der Waals surface area contributed by atoms with Crippen LogP contribution >= 0.6 is 15.9 Å². The molecule has 2 aliphatic carbocycles. The molecule has 4 heteroatoms. The quantitative estimate of drug-likeness (QED) is 0.824. The maximum atomic E-state index is 12.3. The standard InChI is InChI=1S/C16H20BrNO2/c1-18(16(19)13-9-11-8-12(11)10-13)6-7-20-15-4-2-14(17)3-5-15/h2-5,11-13H,6-10H2,1H3. The number of halogens is 1. The molecule has 2 unspecified atom stereocenters. The third-order valence-corrected chi connectivity index (χ3v) is 5.01. The third kappa shape index (κ3) is 3.17. The fraction of sp³-hybridized carbons (Fsp3) is 0.562. The van der Waals surface area contributed by atoms with E-state index in [0.29, 0.717) is 19.1 Å². The number of carbonyl (C=O) groups excluding carboxylic acids is 1. The number of hydrogen-bond donors (Lipinski definition) is 0. The topological polar surface area (TPSA) is 29.5 Å². The van der Waals surface area contributed by atoms with Gasteiger partial charge in [-0.05, 0) is 55.4 Å². The Labute approximate surface area is 128 Å². The Morgan fingerprint density at radius 3 is 2.55 bits per heavy atom. The zero-order valence-electron chi connectivity index (χ0n) is 11.7. The summed E-state index contributed by atoms with van der Waals surface area (Å²) in [6.07, 6.45) is 3.59.